The van der Waals surface area contributed by atoms with Crippen LogP contribution in [0.4, 0.5) is 0 Å². The lowest BCUT2D eigenvalue weighted by Crippen LogP contribution is -2.62. The summed E-state index contributed by atoms with van der Waals surface area (Å²) in [5.74, 6) is -10.5. The van der Waals surface area contributed by atoms with Crippen molar-refractivity contribution >= 4 is 53.3 Å². The molecule has 0 unspecified atom stereocenters. The van der Waals surface area contributed by atoms with Gasteiger partial charge < -0.3 is 69.5 Å². The molecule has 0 saturated carbocycles. The molecule has 0 radical (unpaired) electrons. The van der Waals surface area contributed by atoms with E-state index in [4.69, 9.17) is 22.3 Å². The van der Waals surface area contributed by atoms with Crippen molar-refractivity contribution in [2.45, 2.75) is 128 Å². The second kappa shape index (κ2) is 25.2. The maximum Gasteiger partial charge on any atom is 0.326 e. The molecule has 314 valence electrons. The predicted octanol–water partition coefficient (Wildman–Crippen LogP) is -4.75. The molecule has 0 aromatic rings. The van der Waals surface area contributed by atoms with Gasteiger partial charge in [0.05, 0.1) is 25.6 Å². The van der Waals surface area contributed by atoms with Gasteiger partial charge in [-0.05, 0) is 57.4 Å². The lowest BCUT2D eigenvalue weighted by Gasteiger charge is -2.28. The van der Waals surface area contributed by atoms with Gasteiger partial charge >= 0.3 is 11.9 Å². The standard InChI is InChI=1S/C33H59N9O13/c1-15(2)10-20(29(50)41-23(33(54)55)11-16(3)4)40-32(53)26(17(5)44)42-31(52)21(12-24(36)45)39-28(49)19(8-6-7-9-34)37-30(51)22(13-25(46)47)38-27(48)18(35)14-43/h15-23,26,43-44H,6-14,34-35H2,1-5H3,(H2,36,45)(H,37,51)(H,38,48)(H,39,49)(H,40,53)(H,41,50)(H,42,52)(H,46,47)(H,54,55)/t17-,18+,19+,20+,21+,22+,23+,26+/m1/s1. The number of carboxylic acid groups (broad SMARTS) is 2. The van der Waals surface area contributed by atoms with E-state index in [1.54, 1.807) is 27.7 Å². The summed E-state index contributed by atoms with van der Waals surface area (Å²) in [6, 6.07) is -10.9. The van der Waals surface area contributed by atoms with Crippen LogP contribution in [0.25, 0.3) is 0 Å². The van der Waals surface area contributed by atoms with Gasteiger partial charge in [-0.25, -0.2) is 4.79 Å². The molecular formula is C33H59N9O13. The summed E-state index contributed by atoms with van der Waals surface area (Å²) in [7, 11) is 0. The van der Waals surface area contributed by atoms with E-state index in [1.165, 1.54) is 0 Å². The second-order valence-corrected chi connectivity index (χ2v) is 14.0. The third-order valence-corrected chi connectivity index (χ3v) is 7.89. The lowest BCUT2D eigenvalue weighted by molar-refractivity contribution is -0.143. The van der Waals surface area contributed by atoms with E-state index in [2.05, 4.69) is 31.9 Å². The Morgan fingerprint density at radius 1 is 0.582 bits per heavy atom. The molecule has 0 aromatic heterocycles. The Hall–Kier alpha value is -4.93. The summed E-state index contributed by atoms with van der Waals surface area (Å²) in [5.41, 5.74) is 16.3. The van der Waals surface area contributed by atoms with Crippen LogP contribution in [0.2, 0.25) is 0 Å². The molecule has 0 saturated heterocycles. The molecule has 22 nitrogen and oxygen atoms in total. The molecule has 0 fully saturated rings. The predicted molar refractivity (Wildman–Crippen MR) is 194 cm³/mol. The van der Waals surface area contributed by atoms with Gasteiger partial charge in [0, 0.05) is 0 Å². The lowest BCUT2D eigenvalue weighted by atomic mass is 10.00. The summed E-state index contributed by atoms with van der Waals surface area (Å²) in [6.45, 7) is 7.49. The molecule has 0 aromatic carbocycles. The number of carbonyl (C=O) groups is 9. The number of aliphatic hydroxyl groups is 2. The molecule has 0 bridgehead atoms. The summed E-state index contributed by atoms with van der Waals surface area (Å²) in [6.07, 6.45) is -2.80. The molecule has 0 heterocycles. The number of aliphatic hydroxyl groups excluding tert-OH is 2. The third kappa shape index (κ3) is 19.8. The summed E-state index contributed by atoms with van der Waals surface area (Å²) >= 11 is 0. The van der Waals surface area contributed by atoms with Crippen LogP contribution < -0.4 is 49.1 Å². The van der Waals surface area contributed by atoms with Crippen LogP contribution >= 0.6 is 0 Å². The van der Waals surface area contributed by atoms with Crippen molar-refractivity contribution in [1.29, 1.82) is 0 Å². The average molecular weight is 790 g/mol. The first kappa shape index (κ1) is 50.1. The SMILES string of the molecule is CC(C)C[C@H](NC(=O)[C@H](CC(C)C)NC(=O)[C@@H](NC(=O)[C@H](CC(N)=O)NC(=O)[C@H](CCCCN)NC(=O)[C@H](CC(=O)O)NC(=O)[C@@H](N)CO)[C@@H](C)O)C(=O)O. The largest absolute Gasteiger partial charge is 0.481 e. The van der Waals surface area contributed by atoms with Gasteiger partial charge in [-0.3, -0.25) is 38.4 Å². The van der Waals surface area contributed by atoms with Crippen molar-refractivity contribution in [3.8, 4) is 0 Å². The first-order valence-corrected chi connectivity index (χ1v) is 17.8. The Bertz CT molecular complexity index is 1350. The van der Waals surface area contributed by atoms with Crippen molar-refractivity contribution in [3.05, 3.63) is 0 Å². The molecule has 0 aliphatic carbocycles. The Kier molecular flexibility index (Phi) is 22.9. The summed E-state index contributed by atoms with van der Waals surface area (Å²) in [5, 5.41) is 52.2. The van der Waals surface area contributed by atoms with E-state index in [-0.39, 0.29) is 44.1 Å². The van der Waals surface area contributed by atoms with Crippen molar-refractivity contribution in [3.63, 3.8) is 0 Å². The Labute approximate surface area is 318 Å². The number of nitrogens with one attached hydrogen (secondary N) is 6. The molecule has 22 heteroatoms. The smallest absolute Gasteiger partial charge is 0.326 e. The van der Waals surface area contributed by atoms with E-state index in [9.17, 15) is 58.5 Å². The highest BCUT2D eigenvalue weighted by Gasteiger charge is 2.36. The van der Waals surface area contributed by atoms with E-state index in [0.717, 1.165) is 6.92 Å². The molecule has 0 aliphatic heterocycles. The van der Waals surface area contributed by atoms with Crippen molar-refractivity contribution < 1.29 is 63.6 Å². The third-order valence-electron chi connectivity index (χ3n) is 7.89. The number of hydrogen-bond acceptors (Lipinski definition) is 13. The summed E-state index contributed by atoms with van der Waals surface area (Å²) in [4.78, 5) is 114. The highest BCUT2D eigenvalue weighted by molar-refractivity contribution is 5.99. The molecule has 0 rings (SSSR count). The van der Waals surface area contributed by atoms with E-state index >= 15 is 0 Å². The second-order valence-electron chi connectivity index (χ2n) is 14.0. The Balaban J connectivity index is 6.30. The number of amides is 7. The monoisotopic (exact) mass is 789 g/mol. The van der Waals surface area contributed by atoms with Gasteiger partial charge in [-0.2, -0.15) is 0 Å². The van der Waals surface area contributed by atoms with Gasteiger partial charge in [0.15, 0.2) is 0 Å². The molecule has 7 amide bonds. The topological polar surface area (TPSA) is 385 Å². The molecule has 0 spiro atoms. The highest BCUT2D eigenvalue weighted by Crippen LogP contribution is 2.11. The fourth-order valence-electron chi connectivity index (χ4n) is 5.05. The number of unbranched alkanes of at least 4 members (excludes halogenated alkanes) is 1. The minimum atomic E-state index is -1.80. The van der Waals surface area contributed by atoms with Crippen LogP contribution in [0.5, 0.6) is 0 Å². The number of hydrogen-bond donors (Lipinski definition) is 13. The number of aliphatic carboxylic acids is 2. The van der Waals surface area contributed by atoms with Gasteiger partial charge in [0.2, 0.25) is 41.4 Å². The van der Waals surface area contributed by atoms with Crippen molar-refractivity contribution in [2.24, 2.45) is 29.0 Å². The number of carbonyl (C=O) groups excluding carboxylic acids is 7. The number of carboxylic acids is 2. The van der Waals surface area contributed by atoms with E-state index in [0.29, 0.717) is 6.42 Å². The molecule has 16 N–H and O–H groups in total. The van der Waals surface area contributed by atoms with Gasteiger partial charge in [-0.1, -0.05) is 27.7 Å². The molecule has 55 heavy (non-hydrogen) atoms. The first-order chi connectivity index (χ1) is 25.5. The van der Waals surface area contributed by atoms with E-state index in [1.807, 2.05) is 0 Å². The summed E-state index contributed by atoms with van der Waals surface area (Å²) < 4.78 is 0. The van der Waals surface area contributed by atoms with Crippen molar-refractivity contribution in [2.75, 3.05) is 13.2 Å². The first-order valence-electron chi connectivity index (χ1n) is 17.8. The zero-order valence-electron chi connectivity index (χ0n) is 31.8. The minimum Gasteiger partial charge on any atom is -0.481 e. The fraction of sp³-hybridized carbons (Fsp3) is 0.727. The quantitative estimate of drug-likeness (QED) is 0.0348. The Morgan fingerprint density at radius 2 is 1.02 bits per heavy atom. The average Bonchev–Trinajstić information content (AvgIpc) is 3.07. The van der Waals surface area contributed by atoms with Gasteiger partial charge in [0.25, 0.3) is 0 Å². The molecule has 0 aliphatic rings. The molecule has 8 atom stereocenters. The van der Waals surface area contributed by atoms with Crippen LogP contribution in [0.3, 0.4) is 0 Å². The van der Waals surface area contributed by atoms with Gasteiger partial charge in [0.1, 0.15) is 42.3 Å². The number of rotatable bonds is 27. The maximum atomic E-state index is 13.5. The minimum absolute atomic E-state index is 0.0366. The highest BCUT2D eigenvalue weighted by atomic mass is 16.4. The zero-order chi connectivity index (χ0) is 42.6. The van der Waals surface area contributed by atoms with Crippen molar-refractivity contribution in [1.82, 2.24) is 31.9 Å². The maximum absolute atomic E-state index is 13.5. The number of primary amides is 1. The molecular weight excluding hydrogens is 730 g/mol. The van der Waals surface area contributed by atoms with Crippen LogP contribution in [0, 0.1) is 11.8 Å². The fourth-order valence-corrected chi connectivity index (χ4v) is 5.05. The number of nitrogens with two attached hydrogens (primary N) is 3. The Morgan fingerprint density at radius 3 is 1.49 bits per heavy atom. The van der Waals surface area contributed by atoms with E-state index < -0.39 is 121 Å². The normalized spacial score (nSPS) is 15.5. The van der Waals surface area contributed by atoms with Gasteiger partial charge in [-0.15, -0.1) is 0 Å². The van der Waals surface area contributed by atoms with Crippen LogP contribution in [0.15, 0.2) is 0 Å². The zero-order valence-corrected chi connectivity index (χ0v) is 31.8. The van der Waals surface area contributed by atoms with Crippen LogP contribution in [0.1, 0.15) is 79.6 Å². The van der Waals surface area contributed by atoms with Crippen LogP contribution in [-0.2, 0) is 43.2 Å². The van der Waals surface area contributed by atoms with Crippen LogP contribution in [-0.4, -0.2) is 135 Å².